The molecule has 0 aromatic carbocycles. The maximum Gasteiger partial charge on any atom is 0.335 e. The van der Waals surface area contributed by atoms with Gasteiger partial charge in [-0.1, -0.05) is 6.92 Å². The van der Waals surface area contributed by atoms with Gasteiger partial charge in [-0.25, -0.2) is 11.0 Å². The van der Waals surface area contributed by atoms with Crippen molar-refractivity contribution in [1.82, 2.24) is 0 Å². The van der Waals surface area contributed by atoms with Crippen LogP contribution in [0.15, 0.2) is 0 Å². The molecule has 0 saturated heterocycles. The minimum Gasteiger partial charge on any atom is -0.306 e. The summed E-state index contributed by atoms with van der Waals surface area (Å²) in [6.45, 7) is 2.25. The summed E-state index contributed by atoms with van der Waals surface area (Å²) >= 11 is 0. The van der Waals surface area contributed by atoms with E-state index in [4.69, 9.17) is 11.0 Å². The molecule has 0 aliphatic carbocycles. The lowest BCUT2D eigenvalue weighted by molar-refractivity contribution is 0.314. The van der Waals surface area contributed by atoms with Gasteiger partial charge in [0.2, 0.25) is 0 Å². The second-order valence-electron chi connectivity index (χ2n) is 1.48. The molecule has 0 unspecified atom stereocenters. The van der Waals surface area contributed by atoms with Crippen LogP contribution in [0.4, 0.5) is 0 Å². The van der Waals surface area contributed by atoms with Gasteiger partial charge in [0.05, 0.1) is 6.61 Å². The molecule has 0 bridgehead atoms. The Bertz CT molecular complexity index is 99.5. The third-order valence-electron chi connectivity index (χ3n) is 0.497. The number of hydrogen-bond donors (Lipinski definition) is 2. The Balaban J connectivity index is 3.26. The van der Waals surface area contributed by atoms with Gasteiger partial charge in [0.25, 0.3) is 0 Å². The average molecular weight is 138 g/mol. The lowest BCUT2D eigenvalue weighted by Gasteiger charge is -2.03. The lowest BCUT2D eigenvalue weighted by Crippen LogP contribution is -2.08. The van der Waals surface area contributed by atoms with E-state index in [1.807, 2.05) is 6.92 Å². The summed E-state index contributed by atoms with van der Waals surface area (Å²) in [5.74, 6) is 0. The Morgan fingerprint density at radius 1 is 1.62 bits per heavy atom. The normalized spacial score (nSPS) is 11.9. The minimum absolute atomic E-state index is 0.365. The minimum atomic E-state index is -3.18. The third-order valence-corrected chi connectivity index (χ3v) is 1.08. The SMILES string of the molecule is CCCOP(N)(N)=O. The van der Waals surface area contributed by atoms with Gasteiger partial charge in [-0.15, -0.1) is 0 Å². The first kappa shape index (κ1) is 8.11. The molecule has 5 heteroatoms. The van der Waals surface area contributed by atoms with Gasteiger partial charge >= 0.3 is 7.67 Å². The molecule has 0 heterocycles. The second kappa shape index (κ2) is 3.20. The average Bonchev–Trinajstić information content (AvgIpc) is 1.59. The molecule has 0 fully saturated rings. The van der Waals surface area contributed by atoms with Crippen LogP contribution in [0.3, 0.4) is 0 Å². The standard InChI is InChI=1S/C3H11N2O2P/c1-2-3-7-8(4,5)6/h2-3H2,1H3,(H4,4,5,6). The largest absolute Gasteiger partial charge is 0.335 e. The monoisotopic (exact) mass is 138 g/mol. The maximum absolute atomic E-state index is 10.3. The Hall–Kier alpha value is 0.110. The van der Waals surface area contributed by atoms with E-state index in [1.54, 1.807) is 0 Å². The van der Waals surface area contributed by atoms with E-state index in [0.717, 1.165) is 6.42 Å². The third kappa shape index (κ3) is 6.11. The fourth-order valence-electron chi connectivity index (χ4n) is 0.234. The molecule has 4 nitrogen and oxygen atoms in total. The molecular weight excluding hydrogens is 127 g/mol. The second-order valence-corrected chi connectivity index (χ2v) is 3.03. The van der Waals surface area contributed by atoms with Crippen LogP contribution < -0.4 is 11.0 Å². The van der Waals surface area contributed by atoms with Gasteiger partial charge in [-0.05, 0) is 6.42 Å². The quantitative estimate of drug-likeness (QED) is 0.554. The van der Waals surface area contributed by atoms with Crippen LogP contribution in [0.1, 0.15) is 13.3 Å². The van der Waals surface area contributed by atoms with Crippen molar-refractivity contribution in [2.45, 2.75) is 13.3 Å². The van der Waals surface area contributed by atoms with Crippen LogP contribution in [0.5, 0.6) is 0 Å². The Kier molecular flexibility index (Phi) is 3.24. The summed E-state index contributed by atoms with van der Waals surface area (Å²) < 4.78 is 14.8. The molecular formula is C3H11N2O2P. The Labute approximate surface area is 48.8 Å². The van der Waals surface area contributed by atoms with E-state index in [1.165, 1.54) is 0 Å². The van der Waals surface area contributed by atoms with Crippen LogP contribution in [0.2, 0.25) is 0 Å². The van der Waals surface area contributed by atoms with Crippen LogP contribution in [0.25, 0.3) is 0 Å². The molecule has 50 valence electrons. The number of hydrogen-bond acceptors (Lipinski definition) is 2. The van der Waals surface area contributed by atoms with Crippen molar-refractivity contribution in [2.75, 3.05) is 6.61 Å². The van der Waals surface area contributed by atoms with Gasteiger partial charge in [0.1, 0.15) is 0 Å². The summed E-state index contributed by atoms with van der Waals surface area (Å²) in [5, 5.41) is 0. The number of nitrogens with two attached hydrogens (primary N) is 2. The maximum atomic E-state index is 10.3. The Morgan fingerprint density at radius 2 is 2.12 bits per heavy atom. The molecule has 0 atom stereocenters. The first-order valence-corrected chi connectivity index (χ1v) is 4.14. The first-order valence-electron chi connectivity index (χ1n) is 2.38. The smallest absolute Gasteiger partial charge is 0.306 e. The van der Waals surface area contributed by atoms with Gasteiger partial charge < -0.3 is 4.52 Å². The molecule has 0 aliphatic heterocycles. The van der Waals surface area contributed by atoms with E-state index < -0.39 is 7.67 Å². The fraction of sp³-hybridized carbons (Fsp3) is 1.00. The van der Waals surface area contributed by atoms with Crippen molar-refractivity contribution in [2.24, 2.45) is 11.0 Å². The van der Waals surface area contributed by atoms with E-state index in [0.29, 0.717) is 6.61 Å². The zero-order chi connectivity index (χ0) is 6.62. The predicted octanol–water partition coefficient (Wildman–Crippen LogP) is 0.439. The lowest BCUT2D eigenvalue weighted by atomic mass is 10.5. The summed E-state index contributed by atoms with van der Waals surface area (Å²) in [6.07, 6.45) is 0.776. The molecule has 4 N–H and O–H groups in total. The highest BCUT2D eigenvalue weighted by atomic mass is 31.2. The molecule has 0 saturated carbocycles. The molecule has 0 aromatic heterocycles. The summed E-state index contributed by atoms with van der Waals surface area (Å²) in [5.41, 5.74) is 9.67. The molecule has 0 aliphatic rings. The fourth-order valence-corrected chi connectivity index (χ4v) is 0.702. The highest BCUT2D eigenvalue weighted by Crippen LogP contribution is 2.25. The highest BCUT2D eigenvalue weighted by Gasteiger charge is 2.05. The van der Waals surface area contributed by atoms with E-state index >= 15 is 0 Å². The van der Waals surface area contributed by atoms with Crippen LogP contribution in [0, 0.1) is 0 Å². The number of rotatable bonds is 3. The van der Waals surface area contributed by atoms with Crippen molar-refractivity contribution in [3.05, 3.63) is 0 Å². The molecule has 8 heavy (non-hydrogen) atoms. The van der Waals surface area contributed by atoms with Crippen molar-refractivity contribution < 1.29 is 9.09 Å². The Morgan fingerprint density at radius 3 is 2.25 bits per heavy atom. The van der Waals surface area contributed by atoms with Crippen LogP contribution in [-0.2, 0) is 9.09 Å². The molecule has 0 spiro atoms. The first-order chi connectivity index (χ1) is 3.56. The zero-order valence-electron chi connectivity index (χ0n) is 4.83. The summed E-state index contributed by atoms with van der Waals surface area (Å²) in [7, 11) is -3.18. The van der Waals surface area contributed by atoms with Gasteiger partial charge in [0, 0.05) is 0 Å². The molecule has 0 aromatic rings. The van der Waals surface area contributed by atoms with E-state index in [-0.39, 0.29) is 0 Å². The van der Waals surface area contributed by atoms with Gasteiger partial charge in [0.15, 0.2) is 0 Å². The van der Waals surface area contributed by atoms with Gasteiger partial charge in [-0.2, -0.15) is 0 Å². The van der Waals surface area contributed by atoms with Crippen molar-refractivity contribution in [3.63, 3.8) is 0 Å². The van der Waals surface area contributed by atoms with E-state index in [9.17, 15) is 4.57 Å². The summed E-state index contributed by atoms with van der Waals surface area (Å²) in [6, 6.07) is 0. The van der Waals surface area contributed by atoms with Gasteiger partial charge in [-0.3, -0.25) is 4.57 Å². The summed E-state index contributed by atoms with van der Waals surface area (Å²) in [4.78, 5) is 0. The highest BCUT2D eigenvalue weighted by molar-refractivity contribution is 7.53. The van der Waals surface area contributed by atoms with Crippen molar-refractivity contribution >= 4 is 7.67 Å². The van der Waals surface area contributed by atoms with E-state index in [2.05, 4.69) is 4.52 Å². The van der Waals surface area contributed by atoms with Crippen molar-refractivity contribution in [1.29, 1.82) is 0 Å². The van der Waals surface area contributed by atoms with Crippen LogP contribution in [-0.4, -0.2) is 6.61 Å². The molecule has 0 amide bonds. The topological polar surface area (TPSA) is 78.3 Å². The van der Waals surface area contributed by atoms with Crippen molar-refractivity contribution in [3.8, 4) is 0 Å². The predicted molar refractivity (Wildman–Crippen MR) is 32.2 cm³/mol. The van der Waals surface area contributed by atoms with Crippen LogP contribution >= 0.6 is 7.67 Å². The zero-order valence-corrected chi connectivity index (χ0v) is 5.73. The molecule has 0 rings (SSSR count). The molecule has 0 radical (unpaired) electrons.